The molecule has 0 bridgehead atoms. The molecule has 2 amide bonds. The van der Waals surface area contributed by atoms with E-state index in [-0.39, 0.29) is 18.3 Å². The van der Waals surface area contributed by atoms with Gasteiger partial charge in [0.2, 0.25) is 0 Å². The van der Waals surface area contributed by atoms with Crippen molar-refractivity contribution in [2.75, 3.05) is 5.32 Å². The Hall–Kier alpha value is -4.18. The van der Waals surface area contributed by atoms with E-state index < -0.39 is 4.92 Å². The van der Waals surface area contributed by atoms with Crippen molar-refractivity contribution in [2.24, 2.45) is 0 Å². The summed E-state index contributed by atoms with van der Waals surface area (Å²) in [6.07, 6.45) is 0. The number of carbonyl (C=O) groups excluding carboxylic acids is 1. The van der Waals surface area contributed by atoms with Crippen molar-refractivity contribution in [1.82, 2.24) is 20.1 Å². The molecular weight excluding hydrogens is 476 g/mol. The Kier molecular flexibility index (Phi) is 7.65. The summed E-state index contributed by atoms with van der Waals surface area (Å²) in [5.74, 6) is 1.19. The molecule has 0 atom stereocenters. The van der Waals surface area contributed by atoms with Gasteiger partial charge >= 0.3 is 6.03 Å². The van der Waals surface area contributed by atoms with Crippen LogP contribution in [0, 0.1) is 30.9 Å². The first-order valence-corrected chi connectivity index (χ1v) is 12.3. The second-order valence-corrected chi connectivity index (χ2v) is 9.29. The van der Waals surface area contributed by atoms with E-state index in [0.717, 1.165) is 16.8 Å². The van der Waals surface area contributed by atoms with Crippen LogP contribution in [-0.4, -0.2) is 25.7 Å². The number of rotatable bonds is 8. The van der Waals surface area contributed by atoms with Gasteiger partial charge in [-0.3, -0.25) is 14.7 Å². The lowest BCUT2D eigenvalue weighted by atomic mass is 10.1. The molecule has 9 nitrogen and oxygen atoms in total. The maximum absolute atomic E-state index is 12.6. The summed E-state index contributed by atoms with van der Waals surface area (Å²) in [5.41, 5.74) is 5.83. The molecular formula is C26H26N6O3S. The third kappa shape index (κ3) is 5.89. The van der Waals surface area contributed by atoms with Crippen molar-refractivity contribution in [3.63, 3.8) is 0 Å². The molecule has 0 saturated carbocycles. The number of nitrogens with zero attached hydrogens (tertiary/aromatic N) is 4. The standard InChI is InChI=1S/C26H26N6O3S/c1-17-8-13-23(19(3)14-17)28-25(33)27-15-24-29-30-26(36-16-20-7-5-4-6-18(20)2)31(24)21-9-11-22(12-10-21)32(34)35/h4-14H,15-16H2,1-3H3,(H2,27,28,33). The van der Waals surface area contributed by atoms with Gasteiger partial charge in [-0.05, 0) is 55.7 Å². The molecule has 0 unspecified atom stereocenters. The fraction of sp³-hybridized carbons (Fsp3) is 0.192. The Morgan fingerprint density at radius 1 is 1.00 bits per heavy atom. The zero-order valence-corrected chi connectivity index (χ0v) is 21.0. The van der Waals surface area contributed by atoms with Crippen LogP contribution in [-0.2, 0) is 12.3 Å². The highest BCUT2D eigenvalue weighted by Crippen LogP contribution is 2.27. The first-order valence-electron chi connectivity index (χ1n) is 11.3. The SMILES string of the molecule is Cc1ccc(NC(=O)NCc2nnc(SCc3ccccc3C)n2-c2ccc([N+](=O)[O-])cc2)c(C)c1. The number of non-ortho nitro benzene ring substituents is 1. The summed E-state index contributed by atoms with van der Waals surface area (Å²) in [6.45, 7) is 6.11. The van der Waals surface area contributed by atoms with Gasteiger partial charge in [-0.15, -0.1) is 10.2 Å². The van der Waals surface area contributed by atoms with Gasteiger partial charge < -0.3 is 10.6 Å². The lowest BCUT2D eigenvalue weighted by Crippen LogP contribution is -2.29. The molecule has 0 radical (unpaired) electrons. The van der Waals surface area contributed by atoms with Gasteiger partial charge in [0.15, 0.2) is 11.0 Å². The number of hydrogen-bond acceptors (Lipinski definition) is 6. The molecule has 3 aromatic carbocycles. The van der Waals surface area contributed by atoms with Crippen LogP contribution in [0.4, 0.5) is 16.2 Å². The number of benzene rings is 3. The molecule has 0 saturated heterocycles. The van der Waals surface area contributed by atoms with Crippen LogP contribution in [0.5, 0.6) is 0 Å². The van der Waals surface area contributed by atoms with Gasteiger partial charge in [0.25, 0.3) is 5.69 Å². The first kappa shape index (κ1) is 24.9. The van der Waals surface area contributed by atoms with Crippen molar-refractivity contribution in [3.8, 4) is 5.69 Å². The minimum Gasteiger partial charge on any atom is -0.331 e. The number of aryl methyl sites for hydroxylation is 3. The second-order valence-electron chi connectivity index (χ2n) is 8.35. The van der Waals surface area contributed by atoms with E-state index in [1.165, 1.54) is 35.0 Å². The van der Waals surface area contributed by atoms with Crippen molar-refractivity contribution >= 4 is 29.2 Å². The van der Waals surface area contributed by atoms with Gasteiger partial charge in [0, 0.05) is 29.3 Å². The maximum atomic E-state index is 12.6. The van der Waals surface area contributed by atoms with E-state index in [4.69, 9.17) is 0 Å². The minimum atomic E-state index is -0.441. The van der Waals surface area contributed by atoms with Crippen LogP contribution in [0.25, 0.3) is 5.69 Å². The summed E-state index contributed by atoms with van der Waals surface area (Å²) in [7, 11) is 0. The molecule has 0 aliphatic heterocycles. The fourth-order valence-corrected chi connectivity index (χ4v) is 4.73. The molecule has 184 valence electrons. The van der Waals surface area contributed by atoms with Gasteiger partial charge in [-0.2, -0.15) is 0 Å². The Morgan fingerprint density at radius 3 is 2.44 bits per heavy atom. The monoisotopic (exact) mass is 502 g/mol. The van der Waals surface area contributed by atoms with Gasteiger partial charge in [0.1, 0.15) is 0 Å². The number of nitro groups is 1. The van der Waals surface area contributed by atoms with Crippen molar-refractivity contribution < 1.29 is 9.72 Å². The maximum Gasteiger partial charge on any atom is 0.319 e. The highest BCUT2D eigenvalue weighted by molar-refractivity contribution is 7.98. The number of carbonyl (C=O) groups is 1. The average molecular weight is 503 g/mol. The normalized spacial score (nSPS) is 10.8. The number of anilines is 1. The molecule has 0 fully saturated rings. The van der Waals surface area contributed by atoms with Crippen LogP contribution in [0.3, 0.4) is 0 Å². The predicted molar refractivity (Wildman–Crippen MR) is 141 cm³/mol. The van der Waals surface area contributed by atoms with E-state index >= 15 is 0 Å². The topological polar surface area (TPSA) is 115 Å². The fourth-order valence-electron chi connectivity index (χ4n) is 3.69. The molecule has 0 spiro atoms. The Balaban J connectivity index is 1.55. The van der Waals surface area contributed by atoms with Crippen molar-refractivity contribution in [3.05, 3.63) is 105 Å². The summed E-state index contributed by atoms with van der Waals surface area (Å²) < 4.78 is 1.81. The molecule has 10 heteroatoms. The lowest BCUT2D eigenvalue weighted by Gasteiger charge is -2.13. The number of urea groups is 1. The van der Waals surface area contributed by atoms with Gasteiger partial charge in [-0.1, -0.05) is 53.7 Å². The average Bonchev–Trinajstić information content (AvgIpc) is 3.27. The Morgan fingerprint density at radius 2 is 1.75 bits per heavy atom. The van der Waals surface area contributed by atoms with Crippen molar-refractivity contribution in [1.29, 1.82) is 0 Å². The number of nitro benzene ring substituents is 1. The summed E-state index contributed by atoms with van der Waals surface area (Å²) >= 11 is 1.51. The largest absolute Gasteiger partial charge is 0.331 e. The predicted octanol–water partition coefficient (Wildman–Crippen LogP) is 5.71. The van der Waals surface area contributed by atoms with Crippen LogP contribution in [0.15, 0.2) is 71.9 Å². The number of amides is 2. The summed E-state index contributed by atoms with van der Waals surface area (Å²) in [5, 5.41) is 26.1. The third-order valence-corrected chi connectivity index (χ3v) is 6.65. The third-order valence-electron chi connectivity index (χ3n) is 5.67. The number of thioether (sulfide) groups is 1. The molecule has 0 aliphatic rings. The van der Waals surface area contributed by atoms with Crippen LogP contribution < -0.4 is 10.6 Å². The Bertz CT molecular complexity index is 1400. The summed E-state index contributed by atoms with van der Waals surface area (Å²) in [4.78, 5) is 23.3. The van der Waals surface area contributed by atoms with E-state index in [0.29, 0.717) is 22.4 Å². The first-order chi connectivity index (χ1) is 17.3. The van der Waals surface area contributed by atoms with E-state index in [9.17, 15) is 14.9 Å². The van der Waals surface area contributed by atoms with Gasteiger partial charge in [-0.25, -0.2) is 4.79 Å². The van der Waals surface area contributed by atoms with Crippen LogP contribution >= 0.6 is 11.8 Å². The number of nitrogens with one attached hydrogen (secondary N) is 2. The molecule has 36 heavy (non-hydrogen) atoms. The molecule has 2 N–H and O–H groups in total. The van der Waals surface area contributed by atoms with E-state index in [1.807, 2.05) is 48.7 Å². The minimum absolute atomic E-state index is 0.00606. The van der Waals surface area contributed by atoms with Crippen molar-refractivity contribution in [2.45, 2.75) is 38.2 Å². The highest BCUT2D eigenvalue weighted by atomic mass is 32.2. The smallest absolute Gasteiger partial charge is 0.319 e. The van der Waals surface area contributed by atoms with Crippen LogP contribution in [0.1, 0.15) is 28.1 Å². The molecule has 4 rings (SSSR count). The Labute approximate surface area is 213 Å². The van der Waals surface area contributed by atoms with Crippen LogP contribution in [0.2, 0.25) is 0 Å². The zero-order chi connectivity index (χ0) is 25.7. The number of hydrogen-bond donors (Lipinski definition) is 2. The lowest BCUT2D eigenvalue weighted by molar-refractivity contribution is -0.384. The summed E-state index contributed by atoms with van der Waals surface area (Å²) in [6, 6.07) is 19.7. The molecule has 4 aromatic rings. The quantitative estimate of drug-likeness (QED) is 0.181. The molecule has 0 aliphatic carbocycles. The number of aromatic nitrogens is 3. The van der Waals surface area contributed by atoms with Gasteiger partial charge in [0.05, 0.1) is 11.5 Å². The van der Waals surface area contributed by atoms with E-state index in [2.05, 4.69) is 39.9 Å². The van der Waals surface area contributed by atoms with E-state index in [1.54, 1.807) is 12.1 Å². The highest BCUT2D eigenvalue weighted by Gasteiger charge is 2.17. The zero-order valence-electron chi connectivity index (χ0n) is 20.2. The molecule has 1 aromatic heterocycles. The second kappa shape index (κ2) is 11.0. The molecule has 1 heterocycles.